The summed E-state index contributed by atoms with van der Waals surface area (Å²) < 4.78 is 4.16. The van der Waals surface area contributed by atoms with Crippen molar-refractivity contribution in [3.05, 3.63) is 20.8 Å². The van der Waals surface area contributed by atoms with Gasteiger partial charge in [0, 0.05) is 19.4 Å². The first-order valence-electron chi connectivity index (χ1n) is 6.46. The van der Waals surface area contributed by atoms with Crippen molar-refractivity contribution >= 4 is 48.0 Å². The molecule has 0 fully saturated rings. The highest BCUT2D eigenvalue weighted by atomic mass is 79.9. The first-order valence-corrected chi connectivity index (χ1v) is 8.95. The molecule has 2 heterocycles. The highest BCUT2D eigenvalue weighted by molar-refractivity contribution is 9.10. The highest BCUT2D eigenvalue weighted by Gasteiger charge is 2.06. The molecule has 0 aliphatic carbocycles. The normalized spacial score (nSPS) is 11.4. The highest BCUT2D eigenvalue weighted by Crippen LogP contribution is 2.37. The van der Waals surface area contributed by atoms with Crippen molar-refractivity contribution in [1.82, 2.24) is 0 Å². The van der Waals surface area contributed by atoms with Gasteiger partial charge in [-0.25, -0.2) is 0 Å². The maximum atomic E-state index is 3.61. The van der Waals surface area contributed by atoms with Gasteiger partial charge in [0.1, 0.15) is 0 Å². The van der Waals surface area contributed by atoms with Crippen LogP contribution in [0.3, 0.4) is 0 Å². The number of halogens is 1. The zero-order valence-corrected chi connectivity index (χ0v) is 13.5. The second-order valence-corrected chi connectivity index (χ2v) is 7.41. The van der Waals surface area contributed by atoms with Gasteiger partial charge >= 0.3 is 0 Å². The summed E-state index contributed by atoms with van der Waals surface area (Å²) in [5.74, 6) is 0. The summed E-state index contributed by atoms with van der Waals surface area (Å²) in [4.78, 5) is 1.56. The van der Waals surface area contributed by atoms with Crippen LogP contribution < -0.4 is 0 Å². The maximum Gasteiger partial charge on any atom is 0.0595 e. The molecule has 0 N–H and O–H groups in total. The minimum absolute atomic E-state index is 1.27. The van der Waals surface area contributed by atoms with Crippen molar-refractivity contribution in [3.8, 4) is 0 Å². The van der Waals surface area contributed by atoms with Gasteiger partial charge in [0.2, 0.25) is 0 Å². The predicted octanol–water partition coefficient (Wildman–Crippen LogP) is 6.63. The van der Waals surface area contributed by atoms with Crippen LogP contribution in [0.1, 0.15) is 50.3 Å². The molecule has 0 atom stereocenters. The average molecular weight is 331 g/mol. The lowest BCUT2D eigenvalue weighted by Gasteiger charge is -1.99. The Hall–Kier alpha value is 0.140. The predicted molar refractivity (Wildman–Crippen MR) is 84.5 cm³/mol. The van der Waals surface area contributed by atoms with Crippen LogP contribution in [-0.4, -0.2) is 0 Å². The first kappa shape index (κ1) is 13.6. The van der Waals surface area contributed by atoms with Crippen LogP contribution in [0.15, 0.2) is 15.9 Å². The minimum Gasteiger partial charge on any atom is -0.142 e. The van der Waals surface area contributed by atoms with E-state index in [0.29, 0.717) is 0 Å². The van der Waals surface area contributed by atoms with E-state index in [1.54, 1.807) is 4.88 Å². The zero-order valence-electron chi connectivity index (χ0n) is 10.3. The fraction of sp³-hybridized carbons (Fsp3) is 0.571. The van der Waals surface area contributed by atoms with Crippen LogP contribution in [0.25, 0.3) is 9.40 Å². The Labute approximate surface area is 120 Å². The third-order valence-electron chi connectivity index (χ3n) is 3.03. The Bertz CT molecular complexity index is 456. The molecule has 0 saturated carbocycles. The van der Waals surface area contributed by atoms with Crippen LogP contribution in [0.2, 0.25) is 0 Å². The summed E-state index contributed by atoms with van der Waals surface area (Å²) in [5, 5.41) is 2.19. The fourth-order valence-corrected chi connectivity index (χ4v) is 5.11. The number of aryl methyl sites for hydroxylation is 1. The molecule has 2 aromatic rings. The molecule has 0 aliphatic rings. The number of thiophene rings is 2. The second kappa shape index (κ2) is 6.91. The van der Waals surface area contributed by atoms with E-state index in [0.717, 1.165) is 0 Å². The molecule has 0 saturated heterocycles. The number of hydrogen-bond acceptors (Lipinski definition) is 2. The van der Waals surface area contributed by atoms with Gasteiger partial charge in [0.15, 0.2) is 0 Å². The molecule has 0 bridgehead atoms. The third-order valence-corrected chi connectivity index (χ3v) is 6.51. The van der Waals surface area contributed by atoms with Crippen molar-refractivity contribution < 1.29 is 0 Å². The molecule has 2 aromatic heterocycles. The van der Waals surface area contributed by atoms with Crippen LogP contribution in [-0.2, 0) is 6.42 Å². The molecule has 94 valence electrons. The molecule has 0 spiro atoms. The number of rotatable bonds is 7. The van der Waals surface area contributed by atoms with Crippen LogP contribution in [0, 0.1) is 0 Å². The maximum absolute atomic E-state index is 3.61. The zero-order chi connectivity index (χ0) is 12.1. The summed E-state index contributed by atoms with van der Waals surface area (Å²) in [6.45, 7) is 2.27. The largest absolute Gasteiger partial charge is 0.142 e. The summed E-state index contributed by atoms with van der Waals surface area (Å²) in [7, 11) is 0. The summed E-state index contributed by atoms with van der Waals surface area (Å²) in [5.41, 5.74) is 0. The van der Waals surface area contributed by atoms with E-state index < -0.39 is 0 Å². The molecule has 0 aromatic carbocycles. The van der Waals surface area contributed by atoms with Gasteiger partial charge < -0.3 is 0 Å². The lowest BCUT2D eigenvalue weighted by atomic mass is 10.1. The first-order chi connectivity index (χ1) is 8.31. The van der Waals surface area contributed by atoms with Crippen molar-refractivity contribution in [2.24, 2.45) is 0 Å². The third kappa shape index (κ3) is 3.80. The topological polar surface area (TPSA) is 0 Å². The molecular weight excluding hydrogens is 312 g/mol. The quantitative estimate of drug-likeness (QED) is 0.500. The summed E-state index contributed by atoms with van der Waals surface area (Å²) in [6.07, 6.45) is 9.60. The number of fused-ring (bicyclic) bond motifs is 1. The molecule has 0 nitrogen and oxygen atoms in total. The molecule has 0 unspecified atom stereocenters. The minimum atomic E-state index is 1.27. The SMILES string of the molecule is CCCCCCCCc1cc2scc(Br)c2s1. The molecule has 0 amide bonds. The Balaban J connectivity index is 1.75. The Morgan fingerprint density at radius 1 is 1.12 bits per heavy atom. The monoisotopic (exact) mass is 330 g/mol. The van der Waals surface area contributed by atoms with Gasteiger partial charge in [-0.15, -0.1) is 22.7 Å². The van der Waals surface area contributed by atoms with E-state index in [1.807, 2.05) is 22.7 Å². The fourth-order valence-electron chi connectivity index (χ4n) is 2.05. The van der Waals surface area contributed by atoms with Crippen molar-refractivity contribution in [3.63, 3.8) is 0 Å². The summed E-state index contributed by atoms with van der Waals surface area (Å²) in [6, 6.07) is 2.38. The second-order valence-electron chi connectivity index (χ2n) is 4.51. The molecule has 2 rings (SSSR count). The molecule has 3 heteroatoms. The molecule has 0 radical (unpaired) electrons. The molecule has 0 aliphatic heterocycles. The van der Waals surface area contributed by atoms with E-state index in [2.05, 4.69) is 34.3 Å². The van der Waals surface area contributed by atoms with Crippen molar-refractivity contribution in [2.75, 3.05) is 0 Å². The standard InChI is InChI=1S/C14H19BrS2/c1-2-3-4-5-6-7-8-11-9-13-14(17-11)12(15)10-16-13/h9-10H,2-8H2,1H3. The lowest BCUT2D eigenvalue weighted by Crippen LogP contribution is -1.82. The van der Waals surface area contributed by atoms with Gasteiger partial charge in [-0.2, -0.15) is 0 Å². The Morgan fingerprint density at radius 2 is 1.88 bits per heavy atom. The van der Waals surface area contributed by atoms with Crippen LogP contribution in [0.5, 0.6) is 0 Å². The van der Waals surface area contributed by atoms with E-state index in [1.165, 1.54) is 58.8 Å². The van der Waals surface area contributed by atoms with E-state index in [9.17, 15) is 0 Å². The van der Waals surface area contributed by atoms with E-state index in [4.69, 9.17) is 0 Å². The van der Waals surface area contributed by atoms with Crippen molar-refractivity contribution in [2.45, 2.75) is 51.9 Å². The van der Waals surface area contributed by atoms with Crippen LogP contribution in [0.4, 0.5) is 0 Å². The summed E-state index contributed by atoms with van der Waals surface area (Å²) >= 11 is 7.42. The van der Waals surface area contributed by atoms with Gasteiger partial charge in [-0.3, -0.25) is 0 Å². The average Bonchev–Trinajstić information content (AvgIpc) is 2.86. The van der Waals surface area contributed by atoms with E-state index in [-0.39, 0.29) is 0 Å². The van der Waals surface area contributed by atoms with Crippen molar-refractivity contribution in [1.29, 1.82) is 0 Å². The van der Waals surface area contributed by atoms with Gasteiger partial charge in [0.25, 0.3) is 0 Å². The smallest absolute Gasteiger partial charge is 0.0595 e. The molecular formula is C14H19BrS2. The lowest BCUT2D eigenvalue weighted by molar-refractivity contribution is 0.609. The molecule has 17 heavy (non-hydrogen) atoms. The Kier molecular flexibility index (Phi) is 5.51. The van der Waals surface area contributed by atoms with Gasteiger partial charge in [0.05, 0.1) is 4.70 Å². The number of hydrogen-bond donors (Lipinski definition) is 0. The number of unbranched alkanes of at least 4 members (excludes halogenated alkanes) is 5. The van der Waals surface area contributed by atoms with Gasteiger partial charge in [-0.1, -0.05) is 39.0 Å². The van der Waals surface area contributed by atoms with Crippen LogP contribution >= 0.6 is 38.6 Å². The van der Waals surface area contributed by atoms with Gasteiger partial charge in [-0.05, 0) is 34.8 Å². The Morgan fingerprint density at radius 3 is 2.65 bits per heavy atom. The van der Waals surface area contributed by atoms with E-state index >= 15 is 0 Å².